The molecule has 0 unspecified atom stereocenters. The standard InChI is InChI=1S/C17H14N2/c1-2-13-8-10-15-16(12-13)19-17(18-15)11-9-14-6-4-3-5-7-14/h1,3-8,10,12H,9,11H2,(H,18,19). The Morgan fingerprint density at radius 3 is 2.68 bits per heavy atom. The summed E-state index contributed by atoms with van der Waals surface area (Å²) in [4.78, 5) is 7.91. The van der Waals surface area contributed by atoms with Crippen LogP contribution in [-0.2, 0) is 12.8 Å². The van der Waals surface area contributed by atoms with Crippen LogP contribution in [0.4, 0.5) is 0 Å². The topological polar surface area (TPSA) is 28.7 Å². The van der Waals surface area contributed by atoms with E-state index in [1.54, 1.807) is 0 Å². The second kappa shape index (κ2) is 4.99. The largest absolute Gasteiger partial charge is 0.342 e. The Labute approximate surface area is 112 Å². The molecule has 0 atom stereocenters. The molecule has 0 aliphatic heterocycles. The van der Waals surface area contributed by atoms with Gasteiger partial charge < -0.3 is 4.98 Å². The van der Waals surface area contributed by atoms with Crippen LogP contribution >= 0.6 is 0 Å². The van der Waals surface area contributed by atoms with Gasteiger partial charge in [0.1, 0.15) is 5.82 Å². The molecular weight excluding hydrogens is 232 g/mol. The lowest BCUT2D eigenvalue weighted by Crippen LogP contribution is -1.92. The zero-order valence-corrected chi connectivity index (χ0v) is 10.6. The van der Waals surface area contributed by atoms with Crippen molar-refractivity contribution in [2.45, 2.75) is 12.8 Å². The van der Waals surface area contributed by atoms with Gasteiger partial charge in [-0.1, -0.05) is 36.3 Å². The van der Waals surface area contributed by atoms with E-state index in [1.807, 2.05) is 24.3 Å². The van der Waals surface area contributed by atoms with Crippen molar-refractivity contribution in [1.82, 2.24) is 9.97 Å². The molecule has 0 bridgehead atoms. The number of rotatable bonds is 3. The molecule has 3 aromatic rings. The van der Waals surface area contributed by atoms with E-state index in [1.165, 1.54) is 5.56 Å². The zero-order chi connectivity index (χ0) is 13.1. The summed E-state index contributed by atoms with van der Waals surface area (Å²) in [7, 11) is 0. The summed E-state index contributed by atoms with van der Waals surface area (Å²) in [6, 6.07) is 16.3. The highest BCUT2D eigenvalue weighted by atomic mass is 14.9. The van der Waals surface area contributed by atoms with Gasteiger partial charge in [-0.3, -0.25) is 0 Å². The van der Waals surface area contributed by atoms with Crippen molar-refractivity contribution in [2.24, 2.45) is 0 Å². The molecule has 92 valence electrons. The number of nitrogens with zero attached hydrogens (tertiary/aromatic N) is 1. The van der Waals surface area contributed by atoms with Gasteiger partial charge in [-0.2, -0.15) is 0 Å². The van der Waals surface area contributed by atoms with Crippen LogP contribution in [0.3, 0.4) is 0 Å². The van der Waals surface area contributed by atoms with Gasteiger partial charge in [-0.05, 0) is 30.2 Å². The number of aryl methyl sites for hydroxylation is 2. The number of fused-ring (bicyclic) bond motifs is 1. The third kappa shape index (κ3) is 2.51. The summed E-state index contributed by atoms with van der Waals surface area (Å²) >= 11 is 0. The fourth-order valence-corrected chi connectivity index (χ4v) is 2.18. The van der Waals surface area contributed by atoms with E-state index >= 15 is 0 Å². The fraction of sp³-hybridized carbons (Fsp3) is 0.118. The van der Waals surface area contributed by atoms with Crippen molar-refractivity contribution < 1.29 is 0 Å². The monoisotopic (exact) mass is 246 g/mol. The number of terminal acetylenes is 1. The molecule has 1 heterocycles. The smallest absolute Gasteiger partial charge is 0.107 e. The number of hydrogen-bond donors (Lipinski definition) is 1. The summed E-state index contributed by atoms with van der Waals surface area (Å²) in [6.07, 6.45) is 7.29. The van der Waals surface area contributed by atoms with Crippen molar-refractivity contribution in [2.75, 3.05) is 0 Å². The Morgan fingerprint density at radius 2 is 1.89 bits per heavy atom. The summed E-state index contributed by atoms with van der Waals surface area (Å²) in [5.41, 5.74) is 4.19. The fourth-order valence-electron chi connectivity index (χ4n) is 2.18. The second-order valence-corrected chi connectivity index (χ2v) is 4.55. The Bertz CT molecular complexity index is 733. The van der Waals surface area contributed by atoms with Crippen LogP contribution in [0.25, 0.3) is 11.0 Å². The van der Waals surface area contributed by atoms with Crippen LogP contribution in [-0.4, -0.2) is 9.97 Å². The first-order valence-corrected chi connectivity index (χ1v) is 6.34. The predicted octanol–water partition coefficient (Wildman–Crippen LogP) is 3.33. The van der Waals surface area contributed by atoms with Crippen LogP contribution in [0.5, 0.6) is 0 Å². The van der Waals surface area contributed by atoms with E-state index < -0.39 is 0 Å². The SMILES string of the molecule is C#Cc1ccc2nc(CCc3ccccc3)[nH]c2c1. The minimum Gasteiger partial charge on any atom is -0.342 e. The molecule has 0 saturated heterocycles. The van der Waals surface area contributed by atoms with Crippen LogP contribution in [0.1, 0.15) is 17.0 Å². The molecule has 0 spiro atoms. The second-order valence-electron chi connectivity index (χ2n) is 4.55. The van der Waals surface area contributed by atoms with E-state index in [2.05, 4.69) is 40.2 Å². The Morgan fingerprint density at radius 1 is 1.05 bits per heavy atom. The normalized spacial score (nSPS) is 10.5. The van der Waals surface area contributed by atoms with Crippen LogP contribution < -0.4 is 0 Å². The van der Waals surface area contributed by atoms with Gasteiger partial charge in [-0.25, -0.2) is 4.98 Å². The maximum absolute atomic E-state index is 5.40. The molecule has 1 N–H and O–H groups in total. The van der Waals surface area contributed by atoms with Crippen molar-refractivity contribution in [3.8, 4) is 12.3 Å². The first-order chi connectivity index (χ1) is 9.35. The maximum Gasteiger partial charge on any atom is 0.107 e. The number of aromatic nitrogens is 2. The molecule has 1 aromatic heterocycles. The highest BCUT2D eigenvalue weighted by molar-refractivity contribution is 5.76. The lowest BCUT2D eigenvalue weighted by atomic mass is 10.1. The van der Waals surface area contributed by atoms with E-state index in [4.69, 9.17) is 6.42 Å². The van der Waals surface area contributed by atoms with E-state index in [9.17, 15) is 0 Å². The molecule has 2 heteroatoms. The predicted molar refractivity (Wildman–Crippen MR) is 77.9 cm³/mol. The molecule has 19 heavy (non-hydrogen) atoms. The van der Waals surface area contributed by atoms with Crippen molar-refractivity contribution in [3.05, 3.63) is 65.5 Å². The van der Waals surface area contributed by atoms with E-state index in [0.717, 1.165) is 35.3 Å². The number of imidazole rings is 1. The van der Waals surface area contributed by atoms with Gasteiger partial charge in [0, 0.05) is 12.0 Å². The average Bonchev–Trinajstić information content (AvgIpc) is 2.88. The third-order valence-corrected chi connectivity index (χ3v) is 3.19. The Balaban J connectivity index is 1.80. The maximum atomic E-state index is 5.40. The van der Waals surface area contributed by atoms with E-state index in [0.29, 0.717) is 0 Å². The molecule has 3 rings (SSSR count). The molecule has 0 radical (unpaired) electrons. The molecule has 0 aliphatic rings. The molecule has 0 saturated carbocycles. The summed E-state index contributed by atoms with van der Waals surface area (Å²) in [5, 5.41) is 0. The van der Waals surface area contributed by atoms with Gasteiger partial charge in [0.2, 0.25) is 0 Å². The highest BCUT2D eigenvalue weighted by Crippen LogP contribution is 2.14. The first-order valence-electron chi connectivity index (χ1n) is 6.34. The molecule has 2 nitrogen and oxygen atoms in total. The lowest BCUT2D eigenvalue weighted by molar-refractivity contribution is 0.890. The highest BCUT2D eigenvalue weighted by Gasteiger charge is 2.03. The number of aromatic amines is 1. The van der Waals surface area contributed by atoms with Gasteiger partial charge in [0.05, 0.1) is 11.0 Å². The first kappa shape index (κ1) is 11.6. The molecule has 0 aliphatic carbocycles. The van der Waals surface area contributed by atoms with Crippen LogP contribution in [0.2, 0.25) is 0 Å². The molecule has 0 amide bonds. The number of hydrogen-bond acceptors (Lipinski definition) is 1. The van der Waals surface area contributed by atoms with Crippen molar-refractivity contribution in [1.29, 1.82) is 0 Å². The third-order valence-electron chi connectivity index (χ3n) is 3.19. The molecular formula is C17H14N2. The van der Waals surface area contributed by atoms with Gasteiger partial charge in [0.15, 0.2) is 0 Å². The minimum absolute atomic E-state index is 0.880. The lowest BCUT2D eigenvalue weighted by Gasteiger charge is -1.97. The summed E-state index contributed by atoms with van der Waals surface area (Å²) in [6.45, 7) is 0. The van der Waals surface area contributed by atoms with Crippen molar-refractivity contribution >= 4 is 11.0 Å². The Kier molecular flexibility index (Phi) is 3.04. The minimum atomic E-state index is 0.880. The number of benzene rings is 2. The van der Waals surface area contributed by atoms with Crippen molar-refractivity contribution in [3.63, 3.8) is 0 Å². The summed E-state index contributed by atoms with van der Waals surface area (Å²) < 4.78 is 0. The average molecular weight is 246 g/mol. The quantitative estimate of drug-likeness (QED) is 0.705. The number of H-pyrrole nitrogens is 1. The zero-order valence-electron chi connectivity index (χ0n) is 10.6. The number of nitrogens with one attached hydrogen (secondary N) is 1. The van der Waals surface area contributed by atoms with Gasteiger partial charge >= 0.3 is 0 Å². The molecule has 0 fully saturated rings. The van der Waals surface area contributed by atoms with Gasteiger partial charge in [-0.15, -0.1) is 6.42 Å². The van der Waals surface area contributed by atoms with Crippen LogP contribution in [0.15, 0.2) is 48.5 Å². The van der Waals surface area contributed by atoms with Crippen LogP contribution in [0, 0.1) is 12.3 Å². The van der Waals surface area contributed by atoms with E-state index in [-0.39, 0.29) is 0 Å². The summed E-state index contributed by atoms with van der Waals surface area (Å²) in [5.74, 6) is 3.65. The molecule has 2 aromatic carbocycles. The Hall–Kier alpha value is -2.53. The van der Waals surface area contributed by atoms with Gasteiger partial charge in [0.25, 0.3) is 0 Å².